The third kappa shape index (κ3) is 6.32. The molecule has 0 saturated carbocycles. The number of rotatable bonds is 8. The van der Waals surface area contributed by atoms with Gasteiger partial charge >= 0.3 is 5.97 Å². The van der Waals surface area contributed by atoms with Crippen LogP contribution in [0.15, 0.2) is 0 Å². The van der Waals surface area contributed by atoms with Crippen LogP contribution in [-0.4, -0.2) is 62.4 Å². The molecule has 0 aromatic carbocycles. The van der Waals surface area contributed by atoms with Gasteiger partial charge in [0, 0.05) is 19.7 Å². The topological polar surface area (TPSA) is 50.8 Å². The predicted octanol–water partition coefficient (Wildman–Crippen LogP) is 1.81. The van der Waals surface area contributed by atoms with E-state index in [1.54, 1.807) is 0 Å². The molecule has 1 heterocycles. The van der Waals surface area contributed by atoms with Crippen molar-refractivity contribution >= 4 is 5.97 Å². The maximum Gasteiger partial charge on any atom is 0.326 e. The summed E-state index contributed by atoms with van der Waals surface area (Å²) in [4.78, 5) is 14.4. The van der Waals surface area contributed by atoms with Crippen LogP contribution in [0, 0.1) is 0 Å². The van der Waals surface area contributed by atoms with Gasteiger partial charge in [-0.05, 0) is 60.0 Å². The minimum absolute atomic E-state index is 0.149. The van der Waals surface area contributed by atoms with E-state index in [1.807, 2.05) is 20.9 Å². The van der Waals surface area contributed by atoms with E-state index in [1.165, 1.54) is 0 Å². The molecule has 2 atom stereocenters. The van der Waals surface area contributed by atoms with Gasteiger partial charge in [0.2, 0.25) is 0 Å². The molecular weight excluding hydrogens is 268 g/mol. The second-order valence-electron chi connectivity index (χ2n) is 6.10. The lowest BCUT2D eigenvalue weighted by molar-refractivity contribution is -0.150. The zero-order valence-corrected chi connectivity index (χ0v) is 14.1. The van der Waals surface area contributed by atoms with Crippen LogP contribution < -0.4 is 5.32 Å². The Bertz CT molecular complexity index is 312. The van der Waals surface area contributed by atoms with Crippen molar-refractivity contribution in [1.82, 2.24) is 10.2 Å². The Morgan fingerprint density at radius 2 is 2.24 bits per heavy atom. The lowest BCUT2D eigenvalue weighted by atomic mass is 9.95. The quantitative estimate of drug-likeness (QED) is 0.547. The highest BCUT2D eigenvalue weighted by Crippen LogP contribution is 2.16. The molecule has 0 aliphatic carbocycles. The van der Waals surface area contributed by atoms with Crippen LogP contribution in [0.1, 0.15) is 46.5 Å². The highest BCUT2D eigenvalue weighted by atomic mass is 16.5. The molecule has 1 saturated heterocycles. The molecule has 1 fully saturated rings. The van der Waals surface area contributed by atoms with Crippen LogP contribution in [0.5, 0.6) is 0 Å². The zero-order chi connectivity index (χ0) is 15.7. The first-order valence-electron chi connectivity index (χ1n) is 8.22. The lowest BCUT2D eigenvalue weighted by Gasteiger charge is -2.27. The first-order valence-corrected chi connectivity index (χ1v) is 8.22. The van der Waals surface area contributed by atoms with E-state index in [0.29, 0.717) is 12.7 Å². The maximum absolute atomic E-state index is 12.0. The average molecular weight is 300 g/mol. The Hall–Kier alpha value is -0.650. The van der Waals surface area contributed by atoms with Crippen LogP contribution >= 0.6 is 0 Å². The molecule has 1 aliphatic heterocycles. The summed E-state index contributed by atoms with van der Waals surface area (Å²) in [5.74, 6) is -0.149. The summed E-state index contributed by atoms with van der Waals surface area (Å²) in [6.07, 6.45) is 4.36. The first-order chi connectivity index (χ1) is 10.0. The third-order valence-electron chi connectivity index (χ3n) is 4.22. The first kappa shape index (κ1) is 18.4. The van der Waals surface area contributed by atoms with Gasteiger partial charge in [0.1, 0.15) is 5.54 Å². The molecule has 2 unspecified atom stereocenters. The van der Waals surface area contributed by atoms with Crippen LogP contribution in [0.4, 0.5) is 0 Å². The van der Waals surface area contributed by atoms with Crippen molar-refractivity contribution in [2.75, 3.05) is 39.9 Å². The molecule has 0 aromatic rings. The van der Waals surface area contributed by atoms with Crippen LogP contribution in [0.3, 0.4) is 0 Å². The van der Waals surface area contributed by atoms with Crippen molar-refractivity contribution in [3.63, 3.8) is 0 Å². The Balaban J connectivity index is 2.29. The number of nitrogens with one attached hydrogen (secondary N) is 1. The molecule has 1 aliphatic rings. The highest BCUT2D eigenvalue weighted by Gasteiger charge is 2.32. The van der Waals surface area contributed by atoms with Gasteiger partial charge in [-0.15, -0.1) is 0 Å². The van der Waals surface area contributed by atoms with Crippen molar-refractivity contribution in [2.24, 2.45) is 0 Å². The standard InChI is InChI=1S/C16H32N2O3/c1-5-20-15(19)16(3,17-4)9-6-7-10-18-11-8-12-21-14(2)13-18/h14,17H,5-13H2,1-4H3. The Kier molecular flexibility index (Phi) is 8.22. The van der Waals surface area contributed by atoms with Gasteiger partial charge < -0.3 is 19.7 Å². The number of hydrogen-bond acceptors (Lipinski definition) is 5. The van der Waals surface area contributed by atoms with Gasteiger partial charge in [-0.1, -0.05) is 0 Å². The Morgan fingerprint density at radius 3 is 2.90 bits per heavy atom. The minimum atomic E-state index is -0.564. The number of ether oxygens (including phenoxy) is 2. The zero-order valence-electron chi connectivity index (χ0n) is 14.1. The normalized spacial score (nSPS) is 23.3. The molecule has 0 spiro atoms. The summed E-state index contributed by atoms with van der Waals surface area (Å²) in [6.45, 7) is 10.4. The molecule has 0 aromatic heterocycles. The van der Waals surface area contributed by atoms with E-state index in [9.17, 15) is 4.79 Å². The van der Waals surface area contributed by atoms with E-state index in [4.69, 9.17) is 9.47 Å². The van der Waals surface area contributed by atoms with Crippen LogP contribution in [0.25, 0.3) is 0 Å². The van der Waals surface area contributed by atoms with Gasteiger partial charge in [-0.3, -0.25) is 4.79 Å². The number of esters is 1. The second kappa shape index (κ2) is 9.38. The van der Waals surface area contributed by atoms with Crippen molar-refractivity contribution in [2.45, 2.75) is 58.1 Å². The summed E-state index contributed by atoms with van der Waals surface area (Å²) < 4.78 is 10.8. The van der Waals surface area contributed by atoms with Gasteiger partial charge in [0.15, 0.2) is 0 Å². The monoisotopic (exact) mass is 300 g/mol. The molecule has 1 N–H and O–H groups in total. The van der Waals surface area contributed by atoms with Crippen molar-refractivity contribution in [3.8, 4) is 0 Å². The van der Waals surface area contributed by atoms with Crippen molar-refractivity contribution < 1.29 is 14.3 Å². The maximum atomic E-state index is 12.0. The number of nitrogens with zero attached hydrogens (tertiary/aromatic N) is 1. The van der Waals surface area contributed by atoms with E-state index in [-0.39, 0.29) is 5.97 Å². The SMILES string of the molecule is CCOC(=O)C(C)(CCCCN1CCCOC(C)C1)NC. The fourth-order valence-corrected chi connectivity index (χ4v) is 2.72. The molecule has 0 radical (unpaired) electrons. The van der Waals surface area contributed by atoms with E-state index >= 15 is 0 Å². The average Bonchev–Trinajstić information content (AvgIpc) is 2.68. The van der Waals surface area contributed by atoms with E-state index in [0.717, 1.165) is 51.9 Å². The van der Waals surface area contributed by atoms with Crippen molar-refractivity contribution in [1.29, 1.82) is 0 Å². The largest absolute Gasteiger partial charge is 0.465 e. The second-order valence-corrected chi connectivity index (χ2v) is 6.10. The summed E-state index contributed by atoms with van der Waals surface area (Å²) >= 11 is 0. The number of carbonyl (C=O) groups is 1. The number of carbonyl (C=O) groups excluding carboxylic acids is 1. The third-order valence-corrected chi connectivity index (χ3v) is 4.22. The minimum Gasteiger partial charge on any atom is -0.465 e. The summed E-state index contributed by atoms with van der Waals surface area (Å²) in [5.41, 5.74) is -0.564. The predicted molar refractivity (Wildman–Crippen MR) is 84.4 cm³/mol. The highest BCUT2D eigenvalue weighted by molar-refractivity contribution is 5.80. The lowest BCUT2D eigenvalue weighted by Crippen LogP contribution is -2.48. The molecule has 0 bridgehead atoms. The number of likely N-dealkylation sites (N-methyl/N-ethyl adjacent to an activating group) is 1. The van der Waals surface area contributed by atoms with Crippen molar-refractivity contribution in [3.05, 3.63) is 0 Å². The Morgan fingerprint density at radius 1 is 1.48 bits per heavy atom. The molecule has 5 heteroatoms. The fraction of sp³-hybridized carbons (Fsp3) is 0.938. The number of unbranched alkanes of at least 4 members (excludes halogenated alkanes) is 1. The Labute approximate surface area is 129 Å². The van der Waals surface area contributed by atoms with Crippen LogP contribution in [0.2, 0.25) is 0 Å². The smallest absolute Gasteiger partial charge is 0.326 e. The molecule has 0 amide bonds. The fourth-order valence-electron chi connectivity index (χ4n) is 2.72. The van der Waals surface area contributed by atoms with E-state index in [2.05, 4.69) is 17.1 Å². The molecule has 21 heavy (non-hydrogen) atoms. The van der Waals surface area contributed by atoms with Gasteiger partial charge in [0.25, 0.3) is 0 Å². The summed E-state index contributed by atoms with van der Waals surface area (Å²) in [5, 5.41) is 3.11. The molecule has 1 rings (SSSR count). The summed E-state index contributed by atoms with van der Waals surface area (Å²) in [6, 6.07) is 0. The molecule has 5 nitrogen and oxygen atoms in total. The van der Waals surface area contributed by atoms with Gasteiger partial charge in [0.05, 0.1) is 12.7 Å². The van der Waals surface area contributed by atoms with Gasteiger partial charge in [-0.25, -0.2) is 0 Å². The number of hydrogen-bond donors (Lipinski definition) is 1. The van der Waals surface area contributed by atoms with Crippen LogP contribution in [-0.2, 0) is 14.3 Å². The van der Waals surface area contributed by atoms with Gasteiger partial charge in [-0.2, -0.15) is 0 Å². The molecular formula is C16H32N2O3. The molecule has 124 valence electrons. The van der Waals surface area contributed by atoms with E-state index < -0.39 is 5.54 Å². The summed E-state index contributed by atoms with van der Waals surface area (Å²) in [7, 11) is 1.82.